The van der Waals surface area contributed by atoms with Gasteiger partial charge in [0.15, 0.2) is 5.96 Å². The first kappa shape index (κ1) is 22.9. The minimum atomic E-state index is -0.664. The van der Waals surface area contributed by atoms with Crippen LogP contribution in [0.5, 0.6) is 0 Å². The van der Waals surface area contributed by atoms with Crippen molar-refractivity contribution in [3.63, 3.8) is 0 Å². The standard InChI is InChI=1S/C19H27N5O2.HI/c1-5-21-18(23-12-19(3,4)17(20)25)22-10-15-11-26-16(24-15)14-8-6-13(2)7-9-14;/h6-9,11H,5,10,12H2,1-4H3,(H2,20,25)(H2,21,22,23);1H. The highest BCUT2D eigenvalue weighted by atomic mass is 127. The Labute approximate surface area is 177 Å². The second-order valence-corrected chi connectivity index (χ2v) is 6.81. The van der Waals surface area contributed by atoms with Crippen molar-refractivity contribution < 1.29 is 9.21 Å². The van der Waals surface area contributed by atoms with Gasteiger partial charge in [-0.25, -0.2) is 9.98 Å². The maximum atomic E-state index is 11.4. The van der Waals surface area contributed by atoms with Crippen molar-refractivity contribution in [3.05, 3.63) is 41.8 Å². The number of primary amides is 1. The summed E-state index contributed by atoms with van der Waals surface area (Å²) in [7, 11) is 0. The molecule has 0 spiro atoms. The fourth-order valence-electron chi connectivity index (χ4n) is 2.10. The molecule has 0 aliphatic rings. The summed E-state index contributed by atoms with van der Waals surface area (Å²) in [5.74, 6) is 0.810. The average molecular weight is 485 g/mol. The number of aromatic nitrogens is 1. The number of benzene rings is 1. The van der Waals surface area contributed by atoms with E-state index in [1.165, 1.54) is 5.56 Å². The Morgan fingerprint density at radius 1 is 1.26 bits per heavy atom. The Balaban J connectivity index is 0.00000364. The highest BCUT2D eigenvalue weighted by Crippen LogP contribution is 2.19. The Kier molecular flexibility index (Phi) is 8.74. The molecule has 0 saturated carbocycles. The van der Waals surface area contributed by atoms with E-state index in [1.807, 2.05) is 38.1 Å². The van der Waals surface area contributed by atoms with Crippen molar-refractivity contribution in [2.24, 2.45) is 16.1 Å². The zero-order valence-electron chi connectivity index (χ0n) is 16.2. The first-order valence-corrected chi connectivity index (χ1v) is 8.65. The largest absolute Gasteiger partial charge is 0.444 e. The average Bonchev–Trinajstić information content (AvgIpc) is 3.07. The third kappa shape index (κ3) is 6.85. The molecule has 148 valence electrons. The maximum absolute atomic E-state index is 11.4. The molecular weight excluding hydrogens is 457 g/mol. The quantitative estimate of drug-likeness (QED) is 0.318. The second kappa shape index (κ2) is 10.3. The van der Waals surface area contributed by atoms with E-state index >= 15 is 0 Å². The number of nitrogens with one attached hydrogen (secondary N) is 2. The van der Waals surface area contributed by atoms with E-state index in [-0.39, 0.29) is 29.9 Å². The number of amides is 1. The molecule has 0 fully saturated rings. The first-order chi connectivity index (χ1) is 12.3. The number of carbonyl (C=O) groups excluding carboxylic acids is 1. The second-order valence-electron chi connectivity index (χ2n) is 6.81. The van der Waals surface area contributed by atoms with Gasteiger partial charge < -0.3 is 20.8 Å². The van der Waals surface area contributed by atoms with Crippen LogP contribution in [0.15, 0.2) is 39.9 Å². The number of rotatable bonds is 7. The molecule has 1 heterocycles. The number of aryl methyl sites for hydroxylation is 1. The lowest BCUT2D eigenvalue weighted by atomic mass is 9.93. The molecule has 1 amide bonds. The Morgan fingerprint density at radius 3 is 2.52 bits per heavy atom. The van der Waals surface area contributed by atoms with Crippen molar-refractivity contribution in [2.45, 2.75) is 34.2 Å². The summed E-state index contributed by atoms with van der Waals surface area (Å²) in [4.78, 5) is 20.4. The summed E-state index contributed by atoms with van der Waals surface area (Å²) in [5, 5.41) is 6.27. The highest BCUT2D eigenvalue weighted by Gasteiger charge is 2.24. The van der Waals surface area contributed by atoms with E-state index in [4.69, 9.17) is 10.2 Å². The van der Waals surface area contributed by atoms with Crippen LogP contribution in [-0.4, -0.2) is 29.9 Å². The van der Waals surface area contributed by atoms with Gasteiger partial charge in [0.05, 0.1) is 12.0 Å². The van der Waals surface area contributed by atoms with Crippen LogP contribution in [0.3, 0.4) is 0 Å². The van der Waals surface area contributed by atoms with Crippen molar-refractivity contribution >= 4 is 35.8 Å². The van der Waals surface area contributed by atoms with Crippen molar-refractivity contribution in [2.75, 3.05) is 13.1 Å². The van der Waals surface area contributed by atoms with E-state index < -0.39 is 5.41 Å². The smallest absolute Gasteiger partial charge is 0.226 e. The number of guanidine groups is 1. The van der Waals surface area contributed by atoms with Crippen molar-refractivity contribution in [3.8, 4) is 11.5 Å². The van der Waals surface area contributed by atoms with Gasteiger partial charge in [-0.15, -0.1) is 24.0 Å². The molecule has 0 aliphatic carbocycles. The molecule has 7 nitrogen and oxygen atoms in total. The Morgan fingerprint density at radius 2 is 1.93 bits per heavy atom. The van der Waals surface area contributed by atoms with Gasteiger partial charge in [0.2, 0.25) is 11.8 Å². The lowest BCUT2D eigenvalue weighted by molar-refractivity contribution is -0.125. The number of aliphatic imine (C=N–C) groups is 1. The molecule has 2 rings (SSSR count). The molecule has 0 radical (unpaired) electrons. The molecule has 27 heavy (non-hydrogen) atoms. The van der Waals surface area contributed by atoms with E-state index in [0.717, 1.165) is 11.3 Å². The SMILES string of the molecule is CCNC(=NCc1coc(-c2ccc(C)cc2)n1)NCC(C)(C)C(N)=O.I. The predicted octanol–water partition coefficient (Wildman–Crippen LogP) is 2.83. The molecule has 1 aromatic carbocycles. The number of oxazole rings is 1. The summed E-state index contributed by atoms with van der Waals surface area (Å²) in [6.45, 7) is 9.05. The van der Waals surface area contributed by atoms with Crippen LogP contribution >= 0.6 is 24.0 Å². The van der Waals surface area contributed by atoms with Gasteiger partial charge in [0.25, 0.3) is 0 Å². The molecule has 0 saturated heterocycles. The fourth-order valence-corrected chi connectivity index (χ4v) is 2.10. The van der Waals surface area contributed by atoms with Crippen LogP contribution in [0.25, 0.3) is 11.5 Å². The van der Waals surface area contributed by atoms with Crippen LogP contribution in [0, 0.1) is 12.3 Å². The lowest BCUT2D eigenvalue weighted by Gasteiger charge is -2.22. The lowest BCUT2D eigenvalue weighted by Crippen LogP contribution is -2.46. The predicted molar refractivity (Wildman–Crippen MR) is 118 cm³/mol. The third-order valence-electron chi connectivity index (χ3n) is 3.96. The molecule has 8 heteroatoms. The number of carbonyl (C=O) groups is 1. The molecule has 2 aromatic rings. The summed E-state index contributed by atoms with van der Waals surface area (Å²) in [6, 6.07) is 7.99. The number of hydrogen-bond donors (Lipinski definition) is 3. The van der Waals surface area contributed by atoms with Gasteiger partial charge in [0.1, 0.15) is 12.0 Å². The van der Waals surface area contributed by atoms with E-state index in [2.05, 4.69) is 20.6 Å². The molecule has 0 unspecified atom stereocenters. The van der Waals surface area contributed by atoms with Gasteiger partial charge in [-0.1, -0.05) is 17.7 Å². The summed E-state index contributed by atoms with van der Waals surface area (Å²) >= 11 is 0. The molecule has 0 atom stereocenters. The fraction of sp³-hybridized carbons (Fsp3) is 0.421. The van der Waals surface area contributed by atoms with Crippen LogP contribution in [0.4, 0.5) is 0 Å². The minimum Gasteiger partial charge on any atom is -0.444 e. The van der Waals surface area contributed by atoms with Gasteiger partial charge in [-0.05, 0) is 39.8 Å². The number of hydrogen-bond acceptors (Lipinski definition) is 4. The molecule has 4 N–H and O–H groups in total. The normalized spacial score (nSPS) is 11.6. The number of nitrogens with zero attached hydrogens (tertiary/aromatic N) is 2. The highest BCUT2D eigenvalue weighted by molar-refractivity contribution is 14.0. The van der Waals surface area contributed by atoms with Gasteiger partial charge in [-0.3, -0.25) is 4.79 Å². The van der Waals surface area contributed by atoms with Crippen molar-refractivity contribution in [1.82, 2.24) is 15.6 Å². The topological polar surface area (TPSA) is 106 Å². The molecular formula is C19H28IN5O2. The van der Waals surface area contributed by atoms with Gasteiger partial charge >= 0.3 is 0 Å². The summed E-state index contributed by atoms with van der Waals surface area (Å²) < 4.78 is 5.55. The number of nitrogens with two attached hydrogens (primary N) is 1. The zero-order valence-corrected chi connectivity index (χ0v) is 18.5. The zero-order chi connectivity index (χ0) is 19.2. The Bertz CT molecular complexity index is 769. The molecule has 0 bridgehead atoms. The van der Waals surface area contributed by atoms with Crippen LogP contribution in [0.1, 0.15) is 32.0 Å². The van der Waals surface area contributed by atoms with E-state index in [1.54, 1.807) is 20.1 Å². The van der Waals surface area contributed by atoms with Crippen LogP contribution in [0.2, 0.25) is 0 Å². The van der Waals surface area contributed by atoms with Crippen molar-refractivity contribution in [1.29, 1.82) is 0 Å². The monoisotopic (exact) mass is 485 g/mol. The summed E-state index contributed by atoms with van der Waals surface area (Å²) in [6.07, 6.45) is 1.61. The van der Waals surface area contributed by atoms with E-state index in [0.29, 0.717) is 31.5 Å². The molecule has 1 aromatic heterocycles. The minimum absolute atomic E-state index is 0. The Hall–Kier alpha value is -2.10. The van der Waals surface area contributed by atoms with Gasteiger partial charge in [-0.2, -0.15) is 0 Å². The number of halogens is 1. The van der Waals surface area contributed by atoms with E-state index in [9.17, 15) is 4.79 Å². The first-order valence-electron chi connectivity index (χ1n) is 8.65. The maximum Gasteiger partial charge on any atom is 0.226 e. The third-order valence-corrected chi connectivity index (χ3v) is 3.96. The molecule has 0 aliphatic heterocycles. The van der Waals surface area contributed by atoms with Gasteiger partial charge in [0, 0.05) is 18.7 Å². The van der Waals surface area contributed by atoms with Crippen LogP contribution < -0.4 is 16.4 Å². The summed E-state index contributed by atoms with van der Waals surface area (Å²) in [5.41, 5.74) is 7.58. The van der Waals surface area contributed by atoms with Crippen LogP contribution in [-0.2, 0) is 11.3 Å².